The molecule has 1 aromatic carbocycles. The standard InChI is InChI=1S/C12H11BN2O2S.H2/c13-11-3-5-12(6-4-11)18(16,17)15-9-10-2-1-7-14-8-10;/h1-8,15H,9H2;1H. The second kappa shape index (κ2) is 5.33. The Morgan fingerprint density at radius 3 is 2.56 bits per heavy atom. The van der Waals surface area contributed by atoms with Gasteiger partial charge in [-0.3, -0.25) is 4.98 Å². The zero-order valence-corrected chi connectivity index (χ0v) is 10.4. The summed E-state index contributed by atoms with van der Waals surface area (Å²) >= 11 is 0. The minimum absolute atomic E-state index is 0. The maximum absolute atomic E-state index is 11.9. The highest BCUT2D eigenvalue weighted by Gasteiger charge is 2.12. The second-order valence-corrected chi connectivity index (χ2v) is 5.52. The van der Waals surface area contributed by atoms with Crippen molar-refractivity contribution in [2.24, 2.45) is 0 Å². The maximum atomic E-state index is 11.9. The molecule has 18 heavy (non-hydrogen) atoms. The molecule has 2 rings (SSSR count). The molecule has 2 radical (unpaired) electrons. The van der Waals surface area contributed by atoms with E-state index in [0.717, 1.165) is 5.56 Å². The summed E-state index contributed by atoms with van der Waals surface area (Å²) in [7, 11) is 2.00. The lowest BCUT2D eigenvalue weighted by molar-refractivity contribution is 0.581. The minimum atomic E-state index is -3.51. The monoisotopic (exact) mass is 260 g/mol. The fourth-order valence-corrected chi connectivity index (χ4v) is 2.43. The normalized spacial score (nSPS) is 11.3. The molecule has 0 atom stereocenters. The van der Waals surface area contributed by atoms with Crippen molar-refractivity contribution in [3.05, 3.63) is 54.4 Å². The van der Waals surface area contributed by atoms with Gasteiger partial charge in [0.2, 0.25) is 10.0 Å². The van der Waals surface area contributed by atoms with Crippen LogP contribution in [0.3, 0.4) is 0 Å². The fourth-order valence-electron chi connectivity index (χ4n) is 1.41. The van der Waals surface area contributed by atoms with Gasteiger partial charge in [0, 0.05) is 20.4 Å². The van der Waals surface area contributed by atoms with Crippen molar-refractivity contribution in [2.75, 3.05) is 0 Å². The zero-order valence-electron chi connectivity index (χ0n) is 9.58. The van der Waals surface area contributed by atoms with Gasteiger partial charge in [-0.1, -0.05) is 23.7 Å². The Balaban J connectivity index is 0.00000180. The summed E-state index contributed by atoms with van der Waals surface area (Å²) in [6, 6.07) is 9.62. The van der Waals surface area contributed by atoms with Crippen LogP contribution in [0, 0.1) is 0 Å². The lowest BCUT2D eigenvalue weighted by Gasteiger charge is -2.06. The first-order chi connectivity index (χ1) is 8.58. The fraction of sp³-hybridized carbons (Fsp3) is 0.0833. The molecule has 0 fully saturated rings. The van der Waals surface area contributed by atoms with Gasteiger partial charge in [-0.25, -0.2) is 13.1 Å². The third kappa shape index (κ3) is 3.18. The molecule has 0 aliphatic heterocycles. The van der Waals surface area contributed by atoms with Crippen molar-refractivity contribution in [3.63, 3.8) is 0 Å². The summed E-state index contributed by atoms with van der Waals surface area (Å²) in [4.78, 5) is 4.11. The highest BCUT2D eigenvalue weighted by Crippen LogP contribution is 2.07. The number of hydrogen-bond donors (Lipinski definition) is 1. The van der Waals surface area contributed by atoms with Crippen LogP contribution in [0.25, 0.3) is 0 Å². The molecule has 0 aliphatic carbocycles. The molecule has 0 unspecified atom stereocenters. The van der Waals surface area contributed by atoms with Gasteiger partial charge in [0.05, 0.1) is 4.90 Å². The first-order valence-electron chi connectivity index (χ1n) is 5.32. The van der Waals surface area contributed by atoms with Crippen molar-refractivity contribution < 1.29 is 9.84 Å². The van der Waals surface area contributed by atoms with Crippen LogP contribution in [-0.2, 0) is 16.6 Å². The highest BCUT2D eigenvalue weighted by atomic mass is 32.2. The molecular weight excluding hydrogens is 247 g/mol. The molecular formula is C12H13BN2O2S. The van der Waals surface area contributed by atoms with Gasteiger partial charge in [-0.15, -0.1) is 0 Å². The topological polar surface area (TPSA) is 59.1 Å². The Bertz CT molecular complexity index is 618. The summed E-state index contributed by atoms with van der Waals surface area (Å²) in [6.45, 7) is 0.209. The molecule has 2 aromatic rings. The number of nitrogens with one attached hydrogen (secondary N) is 1. The van der Waals surface area contributed by atoms with E-state index in [1.54, 1.807) is 36.7 Å². The molecule has 0 saturated heterocycles. The third-order valence-corrected chi connectivity index (χ3v) is 3.80. The number of benzene rings is 1. The Hall–Kier alpha value is -1.66. The van der Waals surface area contributed by atoms with Gasteiger partial charge in [0.25, 0.3) is 0 Å². The molecule has 0 saturated carbocycles. The number of hydrogen-bond acceptors (Lipinski definition) is 3. The van der Waals surface area contributed by atoms with Gasteiger partial charge in [-0.2, -0.15) is 0 Å². The van der Waals surface area contributed by atoms with Crippen LogP contribution in [0.15, 0.2) is 53.7 Å². The van der Waals surface area contributed by atoms with Crippen LogP contribution < -0.4 is 10.2 Å². The number of aromatic nitrogens is 1. The van der Waals surface area contributed by atoms with E-state index >= 15 is 0 Å². The molecule has 0 bridgehead atoms. The summed E-state index contributed by atoms with van der Waals surface area (Å²) in [5.74, 6) is 0. The van der Waals surface area contributed by atoms with Crippen molar-refractivity contribution in [1.82, 2.24) is 9.71 Å². The van der Waals surface area contributed by atoms with E-state index in [2.05, 4.69) is 9.71 Å². The Kier molecular flexibility index (Phi) is 3.79. The van der Waals surface area contributed by atoms with Gasteiger partial charge in [-0.05, 0) is 23.8 Å². The van der Waals surface area contributed by atoms with E-state index < -0.39 is 10.0 Å². The van der Waals surface area contributed by atoms with Crippen LogP contribution in [0.2, 0.25) is 0 Å². The first-order valence-corrected chi connectivity index (χ1v) is 6.80. The largest absolute Gasteiger partial charge is 0.264 e. The van der Waals surface area contributed by atoms with Crippen molar-refractivity contribution in [3.8, 4) is 0 Å². The molecule has 4 nitrogen and oxygen atoms in total. The van der Waals surface area contributed by atoms with Gasteiger partial charge < -0.3 is 0 Å². The third-order valence-electron chi connectivity index (χ3n) is 2.38. The smallest absolute Gasteiger partial charge is 0.240 e. The predicted molar refractivity (Wildman–Crippen MR) is 72.2 cm³/mol. The average molecular weight is 260 g/mol. The van der Waals surface area contributed by atoms with E-state index in [4.69, 9.17) is 7.85 Å². The van der Waals surface area contributed by atoms with E-state index in [0.29, 0.717) is 5.46 Å². The quantitative estimate of drug-likeness (QED) is 0.819. The van der Waals surface area contributed by atoms with E-state index in [1.165, 1.54) is 12.1 Å². The molecule has 1 N–H and O–H groups in total. The summed E-state index contributed by atoms with van der Waals surface area (Å²) in [6.07, 6.45) is 3.25. The average Bonchev–Trinajstić information content (AvgIpc) is 2.38. The Morgan fingerprint density at radius 1 is 1.22 bits per heavy atom. The summed E-state index contributed by atoms with van der Waals surface area (Å²) in [5, 5.41) is 0. The number of pyridine rings is 1. The number of rotatable bonds is 4. The summed E-state index contributed by atoms with van der Waals surface area (Å²) in [5.41, 5.74) is 1.33. The van der Waals surface area contributed by atoms with Crippen LogP contribution in [-0.4, -0.2) is 21.2 Å². The first kappa shape index (κ1) is 12.8. The van der Waals surface area contributed by atoms with Gasteiger partial charge in [0.15, 0.2) is 0 Å². The van der Waals surface area contributed by atoms with Crippen molar-refractivity contribution in [2.45, 2.75) is 11.4 Å². The number of nitrogens with zero attached hydrogens (tertiary/aromatic N) is 1. The highest BCUT2D eigenvalue weighted by molar-refractivity contribution is 7.89. The maximum Gasteiger partial charge on any atom is 0.240 e. The van der Waals surface area contributed by atoms with Gasteiger partial charge in [0.1, 0.15) is 7.85 Å². The van der Waals surface area contributed by atoms with E-state index in [9.17, 15) is 8.42 Å². The lowest BCUT2D eigenvalue weighted by atomic mass is 9.97. The van der Waals surface area contributed by atoms with Gasteiger partial charge >= 0.3 is 0 Å². The molecule has 1 heterocycles. The molecule has 6 heteroatoms. The zero-order chi connectivity index (χ0) is 13.0. The second-order valence-electron chi connectivity index (χ2n) is 3.75. The van der Waals surface area contributed by atoms with Crippen molar-refractivity contribution in [1.29, 1.82) is 0 Å². The number of sulfonamides is 1. The molecule has 1 aromatic heterocycles. The molecule has 0 aliphatic rings. The van der Waals surface area contributed by atoms with E-state index in [-0.39, 0.29) is 12.9 Å². The lowest BCUT2D eigenvalue weighted by Crippen LogP contribution is -2.23. The van der Waals surface area contributed by atoms with Crippen LogP contribution in [0.4, 0.5) is 0 Å². The molecule has 0 spiro atoms. The van der Waals surface area contributed by atoms with Crippen LogP contribution in [0.1, 0.15) is 6.99 Å². The Labute approximate surface area is 109 Å². The SMILES string of the molecule is [B]c1ccc(S(=O)(=O)NCc2cccnc2)cc1.[HH]. The Morgan fingerprint density at radius 2 is 1.94 bits per heavy atom. The summed E-state index contributed by atoms with van der Waals surface area (Å²) < 4.78 is 26.4. The van der Waals surface area contributed by atoms with Crippen LogP contribution in [0.5, 0.6) is 0 Å². The molecule has 0 amide bonds. The van der Waals surface area contributed by atoms with Crippen molar-refractivity contribution >= 4 is 23.3 Å². The minimum Gasteiger partial charge on any atom is -0.264 e. The predicted octanol–water partition coefficient (Wildman–Crippen LogP) is 0.600. The molecule has 92 valence electrons. The van der Waals surface area contributed by atoms with E-state index in [1.807, 2.05) is 0 Å². The van der Waals surface area contributed by atoms with Crippen LogP contribution >= 0.6 is 0 Å².